The van der Waals surface area contributed by atoms with Gasteiger partial charge >= 0.3 is 18.2 Å². The quantitative estimate of drug-likeness (QED) is 0.399. The molecule has 1 saturated carbocycles. The molecule has 1 aliphatic carbocycles. The second-order valence-electron chi connectivity index (χ2n) is 12.9. The van der Waals surface area contributed by atoms with Crippen molar-refractivity contribution in [2.24, 2.45) is 5.92 Å². The number of hydrogen-bond donors (Lipinski definition) is 3. The normalized spacial score (nSPS) is 31.4. The molecular formula is C32H38Cl2N4O9. The molecule has 13 nitrogen and oxygen atoms in total. The van der Waals surface area contributed by atoms with Crippen molar-refractivity contribution in [2.75, 3.05) is 19.8 Å². The highest BCUT2D eigenvalue weighted by atomic mass is 35.5. The predicted molar refractivity (Wildman–Crippen MR) is 168 cm³/mol. The van der Waals surface area contributed by atoms with Gasteiger partial charge in [0.05, 0.1) is 29.8 Å². The number of amides is 4. The van der Waals surface area contributed by atoms with Crippen LogP contribution in [-0.4, -0.2) is 94.5 Å². The zero-order chi connectivity index (χ0) is 33.3. The van der Waals surface area contributed by atoms with E-state index in [1.54, 1.807) is 12.1 Å². The lowest BCUT2D eigenvalue weighted by molar-refractivity contribution is -0.145. The number of aliphatic carboxylic acids is 1. The van der Waals surface area contributed by atoms with Crippen molar-refractivity contribution in [1.29, 1.82) is 0 Å². The number of benzene rings is 1. The molecule has 3 fully saturated rings. The summed E-state index contributed by atoms with van der Waals surface area (Å²) >= 11 is 12.3. The Morgan fingerprint density at radius 2 is 1.77 bits per heavy atom. The number of nitrogens with one attached hydrogen (secondary N) is 2. The lowest BCUT2D eigenvalue weighted by atomic mass is 10.0. The highest BCUT2D eigenvalue weighted by Crippen LogP contribution is 2.45. The lowest BCUT2D eigenvalue weighted by Gasteiger charge is -2.29. The predicted octanol–water partition coefficient (Wildman–Crippen LogP) is 3.78. The first-order valence-electron chi connectivity index (χ1n) is 16.0. The van der Waals surface area contributed by atoms with Crippen molar-refractivity contribution in [3.8, 4) is 0 Å². The van der Waals surface area contributed by atoms with Crippen molar-refractivity contribution in [2.45, 2.75) is 94.3 Å². The minimum absolute atomic E-state index is 0.0471. The average molecular weight is 694 g/mol. The molecule has 5 aliphatic rings. The molecule has 1 aromatic carbocycles. The summed E-state index contributed by atoms with van der Waals surface area (Å²) in [5.74, 6) is -2.73. The van der Waals surface area contributed by atoms with Gasteiger partial charge in [-0.3, -0.25) is 14.5 Å². The topological polar surface area (TPSA) is 164 Å². The minimum atomic E-state index is -1.48. The molecule has 3 N–H and O–H groups in total. The summed E-state index contributed by atoms with van der Waals surface area (Å²) in [6.07, 6.45) is 5.03. The van der Waals surface area contributed by atoms with Crippen molar-refractivity contribution in [3.05, 3.63) is 45.5 Å². The Morgan fingerprint density at radius 3 is 2.45 bits per heavy atom. The number of ether oxygens (including phenoxy) is 3. The van der Waals surface area contributed by atoms with E-state index in [0.717, 1.165) is 30.4 Å². The van der Waals surface area contributed by atoms with Gasteiger partial charge in [0, 0.05) is 31.8 Å². The van der Waals surface area contributed by atoms with Crippen molar-refractivity contribution < 1.29 is 43.3 Å². The monoisotopic (exact) mass is 692 g/mol. The molecule has 254 valence electrons. The van der Waals surface area contributed by atoms with E-state index in [-0.39, 0.29) is 45.0 Å². The molecule has 4 amide bonds. The SMILES string of the molecule is O=C(N[C@H]1CCCCC/C=C/[C@@H]2C[C@@]2(C(=O)O)NC(=O)[C@@H]2C[C@@H](OC(=O)N3Cc4cc(Cl)c(Cl)cc4C3)CN2C1=O)O[C@@H]1CCOC1. The van der Waals surface area contributed by atoms with Crippen LogP contribution in [0.3, 0.4) is 0 Å². The molecular weight excluding hydrogens is 655 g/mol. The Morgan fingerprint density at radius 1 is 1.02 bits per heavy atom. The molecule has 4 heterocycles. The molecule has 47 heavy (non-hydrogen) atoms. The third-order valence-corrected chi connectivity index (χ3v) is 10.3. The third-order valence-electron chi connectivity index (χ3n) is 9.57. The fraction of sp³-hybridized carbons (Fsp3) is 0.594. The highest BCUT2D eigenvalue weighted by molar-refractivity contribution is 6.42. The van der Waals surface area contributed by atoms with E-state index in [1.807, 2.05) is 12.2 Å². The van der Waals surface area contributed by atoms with Gasteiger partial charge in [-0.25, -0.2) is 14.4 Å². The average Bonchev–Trinajstić information content (AvgIpc) is 3.42. The van der Waals surface area contributed by atoms with Gasteiger partial charge in [0.15, 0.2) is 0 Å². The maximum Gasteiger partial charge on any atom is 0.410 e. The summed E-state index contributed by atoms with van der Waals surface area (Å²) in [6.45, 7) is 1.13. The van der Waals surface area contributed by atoms with Crippen LogP contribution in [0.2, 0.25) is 10.0 Å². The summed E-state index contributed by atoms with van der Waals surface area (Å²) in [4.78, 5) is 69.2. The molecule has 6 rings (SSSR count). The Labute approximate surface area is 281 Å². The smallest absolute Gasteiger partial charge is 0.410 e. The molecule has 1 aromatic rings. The summed E-state index contributed by atoms with van der Waals surface area (Å²) in [7, 11) is 0. The molecule has 15 heteroatoms. The highest BCUT2D eigenvalue weighted by Gasteiger charge is 2.61. The number of carboxylic acid groups (broad SMARTS) is 1. The van der Waals surface area contributed by atoms with Gasteiger partial charge in [-0.05, 0) is 48.9 Å². The van der Waals surface area contributed by atoms with E-state index >= 15 is 0 Å². The number of carboxylic acids is 1. The Hall–Kier alpha value is -3.55. The van der Waals surface area contributed by atoms with Crippen LogP contribution in [0.4, 0.5) is 9.59 Å². The number of carbonyl (C=O) groups is 5. The largest absolute Gasteiger partial charge is 0.479 e. The van der Waals surface area contributed by atoms with Crippen molar-refractivity contribution in [1.82, 2.24) is 20.4 Å². The van der Waals surface area contributed by atoms with Gasteiger partial charge in [-0.15, -0.1) is 0 Å². The molecule has 0 unspecified atom stereocenters. The van der Waals surface area contributed by atoms with Gasteiger partial charge in [0.25, 0.3) is 0 Å². The summed E-state index contributed by atoms with van der Waals surface area (Å²) in [5.41, 5.74) is 0.190. The van der Waals surface area contributed by atoms with E-state index in [4.69, 9.17) is 37.4 Å². The molecule has 0 bridgehead atoms. The van der Waals surface area contributed by atoms with Crippen LogP contribution in [0.5, 0.6) is 0 Å². The number of fused-ring (bicyclic) bond motifs is 3. The van der Waals surface area contributed by atoms with Crippen LogP contribution in [0.1, 0.15) is 62.5 Å². The van der Waals surface area contributed by atoms with E-state index in [2.05, 4.69) is 10.6 Å². The number of allylic oxidation sites excluding steroid dienone is 1. The molecule has 0 spiro atoms. The summed E-state index contributed by atoms with van der Waals surface area (Å²) < 4.78 is 16.6. The zero-order valence-electron chi connectivity index (χ0n) is 25.8. The van der Waals surface area contributed by atoms with Crippen LogP contribution < -0.4 is 10.6 Å². The van der Waals surface area contributed by atoms with Gasteiger partial charge in [0.2, 0.25) is 11.8 Å². The van der Waals surface area contributed by atoms with Gasteiger partial charge in [-0.2, -0.15) is 0 Å². The maximum atomic E-state index is 14.1. The van der Waals surface area contributed by atoms with Crippen molar-refractivity contribution >= 4 is 53.2 Å². The molecule has 4 aliphatic heterocycles. The van der Waals surface area contributed by atoms with E-state index in [1.165, 1.54) is 9.80 Å². The molecule has 6 atom stereocenters. The van der Waals surface area contributed by atoms with E-state index in [0.29, 0.717) is 35.9 Å². The Kier molecular flexibility index (Phi) is 9.86. The minimum Gasteiger partial charge on any atom is -0.479 e. The third kappa shape index (κ3) is 7.31. The first kappa shape index (κ1) is 33.4. The standard InChI is InChI=1S/C32H38Cl2N4O9/c33-23-10-18-14-37(15-19(18)11-24(23)34)31(44)47-22-12-26-27(39)36-32(29(41)42)13-20(32)6-4-2-1-3-5-7-25(28(40)38(26)16-22)35-30(43)46-21-8-9-45-17-21/h4,6,10-11,20-22,25-26H,1-3,5,7-9,12-17H2,(H,35,43)(H,36,39)(H,41,42)/b6-4+/t20-,21-,22-,25+,26+,32-/m1/s1. The van der Waals surface area contributed by atoms with Crippen LogP contribution in [0.25, 0.3) is 0 Å². The first-order valence-corrected chi connectivity index (χ1v) is 16.8. The number of carbonyl (C=O) groups excluding carboxylic acids is 4. The van der Waals surface area contributed by atoms with E-state index in [9.17, 15) is 29.1 Å². The van der Waals surface area contributed by atoms with Crippen LogP contribution >= 0.6 is 23.2 Å². The van der Waals surface area contributed by atoms with Crippen LogP contribution in [0, 0.1) is 5.92 Å². The Balaban J connectivity index is 1.20. The fourth-order valence-electron chi connectivity index (χ4n) is 6.82. The van der Waals surface area contributed by atoms with Crippen LogP contribution in [0.15, 0.2) is 24.3 Å². The summed E-state index contributed by atoms with van der Waals surface area (Å²) in [6, 6.07) is 1.26. The molecule has 0 aromatic heterocycles. The first-order chi connectivity index (χ1) is 22.5. The van der Waals surface area contributed by atoms with E-state index < -0.39 is 59.8 Å². The fourth-order valence-corrected chi connectivity index (χ4v) is 7.19. The lowest BCUT2D eigenvalue weighted by Crippen LogP contribution is -2.56. The number of hydrogen-bond acceptors (Lipinski definition) is 8. The number of alkyl carbamates (subject to hydrolysis) is 1. The summed E-state index contributed by atoms with van der Waals surface area (Å²) in [5, 5.41) is 16.2. The zero-order valence-corrected chi connectivity index (χ0v) is 27.3. The molecule has 0 radical (unpaired) electrons. The van der Waals surface area contributed by atoms with Crippen molar-refractivity contribution in [3.63, 3.8) is 0 Å². The number of nitrogens with zero attached hydrogens (tertiary/aromatic N) is 2. The number of halogens is 2. The second-order valence-corrected chi connectivity index (χ2v) is 13.7. The maximum absolute atomic E-state index is 14.1. The second kappa shape index (κ2) is 13.9. The molecule has 2 saturated heterocycles. The van der Waals surface area contributed by atoms with Gasteiger partial charge < -0.3 is 34.9 Å². The van der Waals surface area contributed by atoms with Gasteiger partial charge in [0.1, 0.15) is 29.8 Å². The number of rotatable bonds is 4. The Bertz CT molecular complexity index is 1440. The van der Waals surface area contributed by atoms with Gasteiger partial charge in [-0.1, -0.05) is 48.2 Å². The van der Waals surface area contributed by atoms with Crippen LogP contribution in [-0.2, 0) is 41.7 Å².